The van der Waals surface area contributed by atoms with E-state index in [0.717, 1.165) is 21.2 Å². The van der Waals surface area contributed by atoms with Gasteiger partial charge in [-0.3, -0.25) is 4.79 Å². The molecule has 0 aromatic heterocycles. The van der Waals surface area contributed by atoms with Gasteiger partial charge in [-0.1, -0.05) is 52.3 Å². The average Bonchev–Trinajstić information content (AvgIpc) is 2.48. The van der Waals surface area contributed by atoms with Gasteiger partial charge in [0.1, 0.15) is 0 Å². The Morgan fingerprint density at radius 3 is 2.45 bits per heavy atom. The summed E-state index contributed by atoms with van der Waals surface area (Å²) in [5.74, 6) is 0.0667. The summed E-state index contributed by atoms with van der Waals surface area (Å²) in [5.41, 5.74) is 3.00. The highest BCUT2D eigenvalue weighted by molar-refractivity contribution is 9.10. The maximum absolute atomic E-state index is 12.5. The summed E-state index contributed by atoms with van der Waals surface area (Å²) >= 11 is 3.48. The summed E-state index contributed by atoms with van der Waals surface area (Å²) in [6.07, 6.45) is 0. The first kappa shape index (κ1) is 14.8. The molecule has 0 fully saturated rings. The lowest BCUT2D eigenvalue weighted by Gasteiger charge is -2.21. The average molecular weight is 332 g/mol. The van der Waals surface area contributed by atoms with Crippen LogP contribution >= 0.6 is 15.9 Å². The third-order valence-corrected chi connectivity index (χ3v) is 4.16. The van der Waals surface area contributed by atoms with Gasteiger partial charge in [0.2, 0.25) is 0 Å². The minimum atomic E-state index is 0.0667. The summed E-state index contributed by atoms with van der Waals surface area (Å²) < 4.78 is 0.971. The molecule has 0 aliphatic rings. The molecule has 0 unspecified atom stereocenters. The first-order valence-corrected chi connectivity index (χ1v) is 7.50. The number of aryl methyl sites for hydroxylation is 1. The van der Waals surface area contributed by atoms with E-state index in [9.17, 15) is 4.79 Å². The van der Waals surface area contributed by atoms with Gasteiger partial charge in [0, 0.05) is 23.1 Å². The van der Waals surface area contributed by atoms with Crippen molar-refractivity contribution in [3.8, 4) is 0 Å². The maximum Gasteiger partial charge on any atom is 0.254 e. The number of carbonyl (C=O) groups is 1. The Labute approximate surface area is 128 Å². The van der Waals surface area contributed by atoms with Gasteiger partial charge in [0.25, 0.3) is 5.91 Å². The molecular formula is C17H18BrNO. The molecule has 2 nitrogen and oxygen atoms in total. The molecule has 0 aliphatic carbocycles. The van der Waals surface area contributed by atoms with E-state index in [1.165, 1.54) is 0 Å². The molecule has 0 aliphatic heterocycles. The molecule has 0 atom stereocenters. The highest BCUT2D eigenvalue weighted by Crippen LogP contribution is 2.19. The number of rotatable bonds is 4. The van der Waals surface area contributed by atoms with Crippen molar-refractivity contribution < 1.29 is 4.79 Å². The molecule has 0 bridgehead atoms. The number of hydrogen-bond donors (Lipinski definition) is 0. The van der Waals surface area contributed by atoms with Crippen LogP contribution in [-0.4, -0.2) is 17.4 Å². The van der Waals surface area contributed by atoms with Crippen LogP contribution in [0.15, 0.2) is 53.0 Å². The zero-order valence-electron chi connectivity index (χ0n) is 11.8. The second-order valence-electron chi connectivity index (χ2n) is 4.77. The Bertz CT molecular complexity index is 595. The predicted octanol–water partition coefficient (Wildman–Crippen LogP) is 4.42. The van der Waals surface area contributed by atoms with Crippen molar-refractivity contribution in [1.82, 2.24) is 4.90 Å². The lowest BCUT2D eigenvalue weighted by molar-refractivity contribution is 0.0752. The minimum absolute atomic E-state index is 0.0667. The normalized spacial score (nSPS) is 10.3. The molecule has 0 saturated heterocycles. The molecule has 0 radical (unpaired) electrons. The van der Waals surface area contributed by atoms with Crippen molar-refractivity contribution in [2.24, 2.45) is 0 Å². The van der Waals surface area contributed by atoms with E-state index in [2.05, 4.69) is 15.9 Å². The Balaban J connectivity index is 2.18. The fourth-order valence-electron chi connectivity index (χ4n) is 2.04. The largest absolute Gasteiger partial charge is 0.335 e. The first-order valence-electron chi connectivity index (χ1n) is 6.71. The molecule has 0 saturated carbocycles. The van der Waals surface area contributed by atoms with E-state index >= 15 is 0 Å². The molecule has 0 N–H and O–H groups in total. The van der Waals surface area contributed by atoms with Crippen LogP contribution < -0.4 is 0 Å². The summed E-state index contributed by atoms with van der Waals surface area (Å²) in [6, 6.07) is 15.8. The van der Waals surface area contributed by atoms with Crippen molar-refractivity contribution in [1.29, 1.82) is 0 Å². The number of benzene rings is 2. The number of amides is 1. The van der Waals surface area contributed by atoms with Gasteiger partial charge < -0.3 is 4.90 Å². The van der Waals surface area contributed by atoms with E-state index in [1.807, 2.05) is 67.3 Å². The zero-order chi connectivity index (χ0) is 14.5. The van der Waals surface area contributed by atoms with Crippen LogP contribution in [0.3, 0.4) is 0 Å². The Hall–Kier alpha value is -1.61. The van der Waals surface area contributed by atoms with Gasteiger partial charge in [-0.2, -0.15) is 0 Å². The fourth-order valence-corrected chi connectivity index (χ4v) is 2.42. The van der Waals surface area contributed by atoms with E-state index in [1.54, 1.807) is 0 Å². The SMILES string of the molecule is CCN(Cc1ccccc1)C(=O)c1ccc(C)c(Br)c1. The lowest BCUT2D eigenvalue weighted by atomic mass is 10.1. The number of halogens is 1. The molecule has 20 heavy (non-hydrogen) atoms. The van der Waals surface area contributed by atoms with E-state index in [-0.39, 0.29) is 5.91 Å². The lowest BCUT2D eigenvalue weighted by Crippen LogP contribution is -2.30. The topological polar surface area (TPSA) is 20.3 Å². The molecule has 104 valence electrons. The van der Waals surface area contributed by atoms with Gasteiger partial charge in [-0.05, 0) is 37.1 Å². The molecule has 2 aromatic carbocycles. The van der Waals surface area contributed by atoms with Crippen LogP contribution in [-0.2, 0) is 6.54 Å². The minimum Gasteiger partial charge on any atom is -0.335 e. The fraction of sp³-hybridized carbons (Fsp3) is 0.235. The number of nitrogens with zero attached hydrogens (tertiary/aromatic N) is 1. The standard InChI is InChI=1S/C17H18BrNO/c1-3-19(12-14-7-5-4-6-8-14)17(20)15-10-9-13(2)16(18)11-15/h4-11H,3,12H2,1-2H3. The van der Waals surface area contributed by atoms with Gasteiger partial charge in [-0.25, -0.2) is 0 Å². The van der Waals surface area contributed by atoms with Gasteiger partial charge >= 0.3 is 0 Å². The van der Waals surface area contributed by atoms with Gasteiger partial charge in [0.15, 0.2) is 0 Å². The highest BCUT2D eigenvalue weighted by atomic mass is 79.9. The van der Waals surface area contributed by atoms with Crippen LogP contribution in [0.2, 0.25) is 0 Å². The van der Waals surface area contributed by atoms with E-state index in [4.69, 9.17) is 0 Å². The zero-order valence-corrected chi connectivity index (χ0v) is 13.4. The predicted molar refractivity (Wildman–Crippen MR) is 85.7 cm³/mol. The van der Waals surface area contributed by atoms with E-state index in [0.29, 0.717) is 13.1 Å². The van der Waals surface area contributed by atoms with Crippen LogP contribution in [0.25, 0.3) is 0 Å². The van der Waals surface area contributed by atoms with Crippen LogP contribution in [0.1, 0.15) is 28.4 Å². The number of carbonyl (C=O) groups excluding carboxylic acids is 1. The van der Waals surface area contributed by atoms with Crippen LogP contribution in [0.4, 0.5) is 0 Å². The summed E-state index contributed by atoms with van der Waals surface area (Å²) in [4.78, 5) is 14.4. The molecule has 2 rings (SSSR count). The second kappa shape index (κ2) is 6.71. The molecule has 2 aromatic rings. The molecule has 3 heteroatoms. The van der Waals surface area contributed by atoms with Gasteiger partial charge in [0.05, 0.1) is 0 Å². The molecule has 1 amide bonds. The Kier molecular flexibility index (Phi) is 4.96. The monoisotopic (exact) mass is 331 g/mol. The highest BCUT2D eigenvalue weighted by Gasteiger charge is 2.15. The maximum atomic E-state index is 12.5. The third kappa shape index (κ3) is 3.48. The van der Waals surface area contributed by atoms with Crippen LogP contribution in [0.5, 0.6) is 0 Å². The smallest absolute Gasteiger partial charge is 0.254 e. The van der Waals surface area contributed by atoms with Crippen molar-refractivity contribution in [2.75, 3.05) is 6.54 Å². The summed E-state index contributed by atoms with van der Waals surface area (Å²) in [6.45, 7) is 5.35. The summed E-state index contributed by atoms with van der Waals surface area (Å²) in [7, 11) is 0. The Morgan fingerprint density at radius 2 is 1.85 bits per heavy atom. The molecule has 0 spiro atoms. The molecule has 0 heterocycles. The number of hydrogen-bond acceptors (Lipinski definition) is 1. The summed E-state index contributed by atoms with van der Waals surface area (Å²) in [5, 5.41) is 0. The van der Waals surface area contributed by atoms with Crippen LogP contribution in [0, 0.1) is 6.92 Å². The van der Waals surface area contributed by atoms with Crippen molar-refractivity contribution in [3.05, 3.63) is 69.7 Å². The Morgan fingerprint density at radius 1 is 1.15 bits per heavy atom. The third-order valence-electron chi connectivity index (χ3n) is 3.30. The van der Waals surface area contributed by atoms with Crippen molar-refractivity contribution >= 4 is 21.8 Å². The van der Waals surface area contributed by atoms with E-state index < -0.39 is 0 Å². The van der Waals surface area contributed by atoms with Crippen molar-refractivity contribution in [2.45, 2.75) is 20.4 Å². The quantitative estimate of drug-likeness (QED) is 0.812. The second-order valence-corrected chi connectivity index (χ2v) is 5.62. The van der Waals surface area contributed by atoms with Gasteiger partial charge in [-0.15, -0.1) is 0 Å². The first-order chi connectivity index (χ1) is 9.61. The molecular weight excluding hydrogens is 314 g/mol. The van der Waals surface area contributed by atoms with Crippen molar-refractivity contribution in [3.63, 3.8) is 0 Å².